The van der Waals surface area contributed by atoms with Crippen molar-refractivity contribution in [1.29, 1.82) is 0 Å². The van der Waals surface area contributed by atoms with E-state index in [4.69, 9.17) is 0 Å². The topological polar surface area (TPSA) is 17.1 Å². The highest BCUT2D eigenvalue weighted by Crippen LogP contribution is 2.27. The summed E-state index contributed by atoms with van der Waals surface area (Å²) in [4.78, 5) is 10.9. The van der Waals surface area contributed by atoms with Crippen LogP contribution in [0.15, 0.2) is 40.9 Å². The Bertz CT molecular complexity index is 556. The van der Waals surface area contributed by atoms with Crippen molar-refractivity contribution < 1.29 is 4.79 Å². The van der Waals surface area contributed by atoms with Gasteiger partial charge in [-0.25, -0.2) is 0 Å². The molecule has 17 heavy (non-hydrogen) atoms. The highest BCUT2D eigenvalue weighted by atomic mass is 79.9. The first-order valence-corrected chi connectivity index (χ1v) is 6.23. The lowest BCUT2D eigenvalue weighted by Gasteiger charge is -2.09. The van der Waals surface area contributed by atoms with Crippen LogP contribution in [0.1, 0.15) is 21.5 Å². The van der Waals surface area contributed by atoms with E-state index in [-0.39, 0.29) is 0 Å². The Labute approximate surface area is 110 Å². The summed E-state index contributed by atoms with van der Waals surface area (Å²) in [6.45, 7) is 4.00. The zero-order chi connectivity index (χ0) is 12.4. The Morgan fingerprint density at radius 1 is 1.00 bits per heavy atom. The van der Waals surface area contributed by atoms with E-state index in [2.05, 4.69) is 34.1 Å². The molecule has 2 heteroatoms. The SMILES string of the molecule is Cc1cc(-c2ccc(Br)cc2)c(C)cc1C=O. The third-order valence-corrected chi connectivity index (χ3v) is 3.42. The molecule has 0 saturated heterocycles. The van der Waals surface area contributed by atoms with Crippen LogP contribution in [0.4, 0.5) is 0 Å². The zero-order valence-corrected chi connectivity index (χ0v) is 11.4. The number of aryl methyl sites for hydroxylation is 2. The molecule has 0 radical (unpaired) electrons. The monoisotopic (exact) mass is 288 g/mol. The molecule has 0 spiro atoms. The van der Waals surface area contributed by atoms with Crippen molar-refractivity contribution in [3.8, 4) is 11.1 Å². The Kier molecular flexibility index (Phi) is 3.43. The van der Waals surface area contributed by atoms with E-state index in [1.165, 1.54) is 11.1 Å². The highest BCUT2D eigenvalue weighted by Gasteiger charge is 2.05. The molecule has 0 aliphatic rings. The lowest BCUT2D eigenvalue weighted by Crippen LogP contribution is -1.91. The minimum Gasteiger partial charge on any atom is -0.298 e. The molecular weight excluding hydrogens is 276 g/mol. The van der Waals surface area contributed by atoms with Crippen LogP contribution < -0.4 is 0 Å². The summed E-state index contributed by atoms with van der Waals surface area (Å²) < 4.78 is 1.07. The highest BCUT2D eigenvalue weighted by molar-refractivity contribution is 9.10. The van der Waals surface area contributed by atoms with Crippen LogP contribution in [0.25, 0.3) is 11.1 Å². The van der Waals surface area contributed by atoms with E-state index >= 15 is 0 Å². The molecule has 0 saturated carbocycles. The number of aldehydes is 1. The molecule has 86 valence electrons. The quantitative estimate of drug-likeness (QED) is 0.741. The number of hydrogen-bond donors (Lipinski definition) is 0. The number of carbonyl (C=O) groups excluding carboxylic acids is 1. The van der Waals surface area contributed by atoms with Gasteiger partial charge in [-0.15, -0.1) is 0 Å². The first kappa shape index (κ1) is 12.1. The average Bonchev–Trinajstić information content (AvgIpc) is 2.33. The van der Waals surface area contributed by atoms with Crippen molar-refractivity contribution in [3.63, 3.8) is 0 Å². The summed E-state index contributed by atoms with van der Waals surface area (Å²) in [7, 11) is 0. The van der Waals surface area contributed by atoms with Crippen LogP contribution in [0.5, 0.6) is 0 Å². The summed E-state index contributed by atoms with van der Waals surface area (Å²) in [6.07, 6.45) is 0.910. The Morgan fingerprint density at radius 3 is 2.24 bits per heavy atom. The smallest absolute Gasteiger partial charge is 0.150 e. The molecule has 2 rings (SSSR count). The number of halogens is 1. The van der Waals surface area contributed by atoms with E-state index in [0.717, 1.165) is 27.4 Å². The molecule has 0 unspecified atom stereocenters. The molecule has 1 nitrogen and oxygen atoms in total. The molecule has 0 atom stereocenters. The first-order valence-electron chi connectivity index (χ1n) is 5.44. The molecule has 0 fully saturated rings. The van der Waals surface area contributed by atoms with E-state index in [1.807, 2.05) is 32.0 Å². The largest absolute Gasteiger partial charge is 0.298 e. The van der Waals surface area contributed by atoms with Crippen molar-refractivity contribution >= 4 is 22.2 Å². The molecule has 0 amide bonds. The fraction of sp³-hybridized carbons (Fsp3) is 0.133. The van der Waals surface area contributed by atoms with Gasteiger partial charge >= 0.3 is 0 Å². The molecule has 0 aromatic heterocycles. The van der Waals surface area contributed by atoms with E-state index < -0.39 is 0 Å². The Balaban J connectivity index is 2.56. The van der Waals surface area contributed by atoms with Gasteiger partial charge in [0, 0.05) is 10.0 Å². The van der Waals surface area contributed by atoms with Crippen molar-refractivity contribution in [2.75, 3.05) is 0 Å². The fourth-order valence-electron chi connectivity index (χ4n) is 1.91. The van der Waals surface area contributed by atoms with Crippen molar-refractivity contribution in [1.82, 2.24) is 0 Å². The second-order valence-corrected chi connectivity index (χ2v) is 5.06. The van der Waals surface area contributed by atoms with Gasteiger partial charge in [-0.2, -0.15) is 0 Å². The van der Waals surface area contributed by atoms with Crippen LogP contribution in [0.3, 0.4) is 0 Å². The first-order chi connectivity index (χ1) is 8.11. The van der Waals surface area contributed by atoms with Crippen LogP contribution in [-0.2, 0) is 0 Å². The maximum atomic E-state index is 10.9. The van der Waals surface area contributed by atoms with Crippen LogP contribution in [-0.4, -0.2) is 6.29 Å². The minimum absolute atomic E-state index is 0.767. The lowest BCUT2D eigenvalue weighted by molar-refractivity contribution is 0.112. The van der Waals surface area contributed by atoms with Crippen molar-refractivity contribution in [2.24, 2.45) is 0 Å². The normalized spacial score (nSPS) is 10.3. The summed E-state index contributed by atoms with van der Waals surface area (Å²) >= 11 is 3.43. The summed E-state index contributed by atoms with van der Waals surface area (Å²) in [5.74, 6) is 0. The predicted octanol–water partition coefficient (Wildman–Crippen LogP) is 4.55. The van der Waals surface area contributed by atoms with Crippen molar-refractivity contribution in [2.45, 2.75) is 13.8 Å². The van der Waals surface area contributed by atoms with Crippen molar-refractivity contribution in [3.05, 3.63) is 57.6 Å². The molecular formula is C15H13BrO. The molecule has 2 aromatic carbocycles. The summed E-state index contributed by atoms with van der Waals surface area (Å²) in [5.41, 5.74) is 5.26. The number of rotatable bonds is 2. The third-order valence-electron chi connectivity index (χ3n) is 2.90. The number of carbonyl (C=O) groups is 1. The maximum Gasteiger partial charge on any atom is 0.150 e. The molecule has 0 aliphatic carbocycles. The average molecular weight is 289 g/mol. The maximum absolute atomic E-state index is 10.9. The van der Waals surface area contributed by atoms with E-state index in [1.54, 1.807) is 0 Å². The third kappa shape index (κ3) is 2.47. The van der Waals surface area contributed by atoms with Crippen LogP contribution in [0, 0.1) is 13.8 Å². The van der Waals surface area contributed by atoms with Gasteiger partial charge in [-0.1, -0.05) is 34.1 Å². The van der Waals surface area contributed by atoms with Gasteiger partial charge in [-0.05, 0) is 54.3 Å². The molecule has 2 aromatic rings. The van der Waals surface area contributed by atoms with Gasteiger partial charge < -0.3 is 0 Å². The summed E-state index contributed by atoms with van der Waals surface area (Å²) in [5, 5.41) is 0. The molecule has 0 heterocycles. The second-order valence-electron chi connectivity index (χ2n) is 4.15. The lowest BCUT2D eigenvalue weighted by atomic mass is 9.95. The number of benzene rings is 2. The Morgan fingerprint density at radius 2 is 1.65 bits per heavy atom. The molecule has 0 bridgehead atoms. The van der Waals surface area contributed by atoms with E-state index in [9.17, 15) is 4.79 Å². The number of hydrogen-bond acceptors (Lipinski definition) is 1. The van der Waals surface area contributed by atoms with Gasteiger partial charge in [0.15, 0.2) is 0 Å². The summed E-state index contributed by atoms with van der Waals surface area (Å²) in [6, 6.07) is 12.2. The van der Waals surface area contributed by atoms with Gasteiger partial charge in [0.05, 0.1) is 0 Å². The second kappa shape index (κ2) is 4.84. The van der Waals surface area contributed by atoms with Gasteiger partial charge in [0.1, 0.15) is 6.29 Å². The van der Waals surface area contributed by atoms with E-state index in [0.29, 0.717) is 0 Å². The standard InChI is InChI=1S/C15H13BrO/c1-10-8-15(11(2)7-13(10)9-17)12-3-5-14(16)6-4-12/h3-9H,1-2H3. The molecule has 0 N–H and O–H groups in total. The minimum atomic E-state index is 0.767. The van der Waals surface area contributed by atoms with Crippen LogP contribution >= 0.6 is 15.9 Å². The zero-order valence-electron chi connectivity index (χ0n) is 9.83. The van der Waals surface area contributed by atoms with Gasteiger partial charge in [0.2, 0.25) is 0 Å². The van der Waals surface area contributed by atoms with Gasteiger partial charge in [-0.3, -0.25) is 4.79 Å². The predicted molar refractivity (Wildman–Crippen MR) is 74.4 cm³/mol. The molecule has 0 aliphatic heterocycles. The van der Waals surface area contributed by atoms with Gasteiger partial charge in [0.25, 0.3) is 0 Å². The fourth-order valence-corrected chi connectivity index (χ4v) is 2.17. The van der Waals surface area contributed by atoms with Crippen LogP contribution in [0.2, 0.25) is 0 Å². The Hall–Kier alpha value is -1.41.